The van der Waals surface area contributed by atoms with Crippen LogP contribution in [0, 0.1) is 6.92 Å². The number of nitrogens with one attached hydrogen (secondary N) is 2. The average molecular weight is 395 g/mol. The van der Waals surface area contributed by atoms with Crippen LogP contribution in [-0.4, -0.2) is 18.6 Å². The van der Waals surface area contributed by atoms with Gasteiger partial charge in [0.25, 0.3) is 10.0 Å². The summed E-state index contributed by atoms with van der Waals surface area (Å²) in [5.41, 5.74) is 2.34. The molecule has 1 aromatic carbocycles. The van der Waals surface area contributed by atoms with Crippen molar-refractivity contribution in [2.24, 2.45) is 0 Å². The highest BCUT2D eigenvalue weighted by atomic mass is 35.5. The summed E-state index contributed by atoms with van der Waals surface area (Å²) >= 11 is 6.76. The SMILES string of the molecule is Cc1ccccc1CNc1ccc(NS(=O)(=O)c2ccc(Cl)s2)nn1. The highest BCUT2D eigenvalue weighted by molar-refractivity contribution is 7.94. The van der Waals surface area contributed by atoms with Gasteiger partial charge in [0.05, 0.1) is 4.34 Å². The molecule has 0 aliphatic heterocycles. The van der Waals surface area contributed by atoms with Gasteiger partial charge < -0.3 is 5.32 Å². The fourth-order valence-electron chi connectivity index (χ4n) is 2.11. The largest absolute Gasteiger partial charge is 0.364 e. The van der Waals surface area contributed by atoms with Gasteiger partial charge in [-0.15, -0.1) is 21.5 Å². The lowest BCUT2D eigenvalue weighted by Gasteiger charge is -2.09. The third kappa shape index (κ3) is 4.47. The van der Waals surface area contributed by atoms with Gasteiger partial charge in [-0.25, -0.2) is 8.42 Å². The minimum Gasteiger partial charge on any atom is -0.364 e. The summed E-state index contributed by atoms with van der Waals surface area (Å²) in [5.74, 6) is 0.705. The first-order chi connectivity index (χ1) is 11.9. The maximum absolute atomic E-state index is 12.2. The summed E-state index contributed by atoms with van der Waals surface area (Å²) < 4.78 is 27.3. The molecule has 0 atom stereocenters. The number of benzene rings is 1. The Labute approximate surface area is 154 Å². The van der Waals surface area contributed by atoms with Crippen molar-refractivity contribution >= 4 is 44.6 Å². The van der Waals surface area contributed by atoms with Gasteiger partial charge in [-0.05, 0) is 42.3 Å². The molecule has 2 heterocycles. The molecule has 0 aliphatic carbocycles. The molecule has 0 saturated heterocycles. The molecule has 9 heteroatoms. The predicted molar refractivity (Wildman–Crippen MR) is 101 cm³/mol. The van der Waals surface area contributed by atoms with Crippen LogP contribution in [0.3, 0.4) is 0 Å². The molecule has 0 fully saturated rings. The smallest absolute Gasteiger partial charge is 0.272 e. The Bertz CT molecular complexity index is 972. The van der Waals surface area contributed by atoms with E-state index in [-0.39, 0.29) is 10.0 Å². The molecule has 6 nitrogen and oxygen atoms in total. The second kappa shape index (κ2) is 7.38. The first kappa shape index (κ1) is 17.7. The number of nitrogens with zero attached hydrogens (tertiary/aromatic N) is 2. The molecule has 3 rings (SSSR count). The van der Waals surface area contributed by atoms with Crippen molar-refractivity contribution in [1.82, 2.24) is 10.2 Å². The standard InChI is InChI=1S/C16H15ClN4O2S2/c1-11-4-2-3-5-12(11)10-18-14-7-8-15(20-19-14)21-25(22,23)16-9-6-13(17)24-16/h2-9H,10H2,1H3,(H,18,19)(H,20,21). The average Bonchev–Trinajstić information content (AvgIpc) is 3.03. The molecule has 2 aromatic heterocycles. The molecule has 0 radical (unpaired) electrons. The zero-order valence-corrected chi connectivity index (χ0v) is 15.6. The van der Waals surface area contributed by atoms with Crippen LogP contribution in [0.25, 0.3) is 0 Å². The number of aryl methyl sites for hydroxylation is 1. The number of aromatic nitrogens is 2. The molecule has 2 N–H and O–H groups in total. The van der Waals surface area contributed by atoms with Crippen LogP contribution in [0.15, 0.2) is 52.7 Å². The fourth-order valence-corrected chi connectivity index (χ4v) is 4.58. The molecule has 25 heavy (non-hydrogen) atoms. The maximum atomic E-state index is 12.2. The lowest BCUT2D eigenvalue weighted by atomic mass is 10.1. The van der Waals surface area contributed by atoms with Crippen LogP contribution < -0.4 is 10.0 Å². The van der Waals surface area contributed by atoms with Gasteiger partial charge in [0, 0.05) is 6.54 Å². The normalized spacial score (nSPS) is 11.3. The van der Waals surface area contributed by atoms with Crippen LogP contribution in [0.5, 0.6) is 0 Å². The predicted octanol–water partition coefficient (Wildman–Crippen LogP) is 3.91. The van der Waals surface area contributed by atoms with E-state index in [9.17, 15) is 8.42 Å². The van der Waals surface area contributed by atoms with Gasteiger partial charge in [0.2, 0.25) is 0 Å². The van der Waals surface area contributed by atoms with E-state index in [2.05, 4.69) is 20.2 Å². The number of hydrogen-bond acceptors (Lipinski definition) is 6. The number of rotatable bonds is 6. The van der Waals surface area contributed by atoms with E-state index in [4.69, 9.17) is 11.6 Å². The molecule has 0 amide bonds. The van der Waals surface area contributed by atoms with E-state index in [0.29, 0.717) is 16.7 Å². The first-order valence-electron chi connectivity index (χ1n) is 7.34. The third-order valence-corrected chi connectivity index (χ3v) is 6.52. The topological polar surface area (TPSA) is 84.0 Å². The van der Waals surface area contributed by atoms with Crippen molar-refractivity contribution in [2.45, 2.75) is 17.7 Å². The minimum atomic E-state index is -3.71. The molecule has 0 unspecified atom stereocenters. The summed E-state index contributed by atoms with van der Waals surface area (Å²) in [4.78, 5) is 0. The fraction of sp³-hybridized carbons (Fsp3) is 0.125. The van der Waals surface area contributed by atoms with Crippen LogP contribution in [0.1, 0.15) is 11.1 Å². The molecule has 0 saturated carbocycles. The highest BCUT2D eigenvalue weighted by Gasteiger charge is 2.17. The van der Waals surface area contributed by atoms with E-state index >= 15 is 0 Å². The molecule has 130 valence electrons. The van der Waals surface area contributed by atoms with Crippen molar-refractivity contribution in [2.75, 3.05) is 10.0 Å². The number of thiophene rings is 1. The van der Waals surface area contributed by atoms with E-state index in [1.807, 2.05) is 31.2 Å². The molecule has 0 bridgehead atoms. The van der Waals surface area contributed by atoms with E-state index in [1.165, 1.54) is 17.7 Å². The number of sulfonamides is 1. The van der Waals surface area contributed by atoms with Gasteiger partial charge in [0.15, 0.2) is 5.82 Å². The van der Waals surface area contributed by atoms with Crippen molar-refractivity contribution in [1.29, 1.82) is 0 Å². The highest BCUT2D eigenvalue weighted by Crippen LogP contribution is 2.26. The lowest BCUT2D eigenvalue weighted by molar-refractivity contribution is 0.603. The van der Waals surface area contributed by atoms with Crippen molar-refractivity contribution in [3.63, 3.8) is 0 Å². The maximum Gasteiger partial charge on any atom is 0.272 e. The van der Waals surface area contributed by atoms with E-state index < -0.39 is 10.0 Å². The zero-order valence-electron chi connectivity index (χ0n) is 13.2. The molecular weight excluding hydrogens is 380 g/mol. The van der Waals surface area contributed by atoms with Crippen LogP contribution in [-0.2, 0) is 16.6 Å². The van der Waals surface area contributed by atoms with Gasteiger partial charge >= 0.3 is 0 Å². The van der Waals surface area contributed by atoms with Crippen molar-refractivity contribution in [3.8, 4) is 0 Å². The second-order valence-electron chi connectivity index (χ2n) is 5.25. The van der Waals surface area contributed by atoms with E-state index in [0.717, 1.165) is 16.9 Å². The zero-order chi connectivity index (χ0) is 17.9. The van der Waals surface area contributed by atoms with Crippen molar-refractivity contribution < 1.29 is 8.42 Å². The Kier molecular flexibility index (Phi) is 5.22. The summed E-state index contributed by atoms with van der Waals surface area (Å²) in [6.45, 7) is 2.65. The van der Waals surface area contributed by atoms with Crippen molar-refractivity contribution in [3.05, 3.63) is 64.0 Å². The van der Waals surface area contributed by atoms with Crippen LogP contribution >= 0.6 is 22.9 Å². The van der Waals surface area contributed by atoms with Gasteiger partial charge in [-0.3, -0.25) is 4.72 Å². The van der Waals surface area contributed by atoms with Crippen LogP contribution in [0.4, 0.5) is 11.6 Å². The van der Waals surface area contributed by atoms with Gasteiger partial charge in [-0.1, -0.05) is 35.9 Å². The summed E-state index contributed by atoms with van der Waals surface area (Å²) in [7, 11) is -3.71. The Balaban J connectivity index is 1.65. The molecule has 0 spiro atoms. The van der Waals surface area contributed by atoms with Gasteiger partial charge in [-0.2, -0.15) is 0 Å². The lowest BCUT2D eigenvalue weighted by Crippen LogP contribution is -2.13. The Morgan fingerprint density at radius 2 is 1.76 bits per heavy atom. The first-order valence-corrected chi connectivity index (χ1v) is 10.0. The number of hydrogen-bond donors (Lipinski definition) is 2. The minimum absolute atomic E-state index is 0.126. The molecular formula is C16H15ClN4O2S2. The summed E-state index contributed by atoms with van der Waals surface area (Å²) in [6, 6.07) is 14.2. The van der Waals surface area contributed by atoms with E-state index in [1.54, 1.807) is 12.1 Å². The Hall–Kier alpha value is -2.16. The Morgan fingerprint density at radius 1 is 1.04 bits per heavy atom. The van der Waals surface area contributed by atoms with Gasteiger partial charge in [0.1, 0.15) is 10.0 Å². The molecule has 0 aliphatic rings. The third-order valence-electron chi connectivity index (χ3n) is 3.44. The summed E-state index contributed by atoms with van der Waals surface area (Å²) in [5, 5.41) is 11.1. The number of anilines is 2. The Morgan fingerprint density at radius 3 is 2.40 bits per heavy atom. The second-order valence-corrected chi connectivity index (χ2v) is 8.87. The molecule has 3 aromatic rings. The summed E-state index contributed by atoms with van der Waals surface area (Å²) in [6.07, 6.45) is 0. The quantitative estimate of drug-likeness (QED) is 0.662. The van der Waals surface area contributed by atoms with Crippen LogP contribution in [0.2, 0.25) is 4.34 Å². The number of halogens is 1. The monoisotopic (exact) mass is 394 g/mol.